The molecular weight excluding hydrogens is 291 g/mol. The number of halogens is 2. The number of nitrogens with two attached hydrogens (primary N) is 1. The van der Waals surface area contributed by atoms with Crippen LogP contribution >= 0.6 is 23.2 Å². The molecule has 0 bridgehead atoms. The quantitative estimate of drug-likeness (QED) is 0.699. The van der Waals surface area contributed by atoms with Gasteiger partial charge in [-0.25, -0.2) is 0 Å². The lowest BCUT2D eigenvalue weighted by Gasteiger charge is -2.14. The van der Waals surface area contributed by atoms with Gasteiger partial charge in [-0.05, 0) is 30.7 Å². The highest BCUT2D eigenvalue weighted by Gasteiger charge is 2.17. The molecule has 0 radical (unpaired) electrons. The Bertz CT molecular complexity index is 777. The van der Waals surface area contributed by atoms with Crippen molar-refractivity contribution in [1.82, 2.24) is 4.98 Å². The highest BCUT2D eigenvalue weighted by molar-refractivity contribution is 6.42. The largest absolute Gasteiger partial charge is 0.358 e. The maximum Gasteiger partial charge on any atom is 0.0595 e. The van der Waals surface area contributed by atoms with E-state index in [4.69, 9.17) is 28.9 Å². The van der Waals surface area contributed by atoms with Crippen LogP contribution in [0.5, 0.6) is 0 Å². The summed E-state index contributed by atoms with van der Waals surface area (Å²) in [7, 11) is 0. The van der Waals surface area contributed by atoms with Crippen LogP contribution in [0.15, 0.2) is 42.5 Å². The van der Waals surface area contributed by atoms with E-state index in [1.807, 2.05) is 37.3 Å². The fourth-order valence-electron chi connectivity index (χ4n) is 2.57. The van der Waals surface area contributed by atoms with E-state index in [2.05, 4.69) is 11.1 Å². The van der Waals surface area contributed by atoms with Crippen molar-refractivity contribution in [1.29, 1.82) is 0 Å². The van der Waals surface area contributed by atoms with Gasteiger partial charge in [-0.2, -0.15) is 0 Å². The van der Waals surface area contributed by atoms with Crippen molar-refractivity contribution in [3.8, 4) is 0 Å². The number of aromatic nitrogens is 1. The van der Waals surface area contributed by atoms with E-state index in [1.165, 1.54) is 0 Å². The van der Waals surface area contributed by atoms with E-state index >= 15 is 0 Å². The first-order chi connectivity index (χ1) is 9.58. The molecule has 3 rings (SSSR count). The van der Waals surface area contributed by atoms with Gasteiger partial charge in [0.15, 0.2) is 0 Å². The third-order valence-corrected chi connectivity index (χ3v) is 4.30. The van der Waals surface area contributed by atoms with E-state index in [0.717, 1.165) is 27.7 Å². The molecule has 3 N–H and O–H groups in total. The number of H-pyrrole nitrogens is 1. The fourth-order valence-corrected chi connectivity index (χ4v) is 2.88. The van der Waals surface area contributed by atoms with E-state index in [0.29, 0.717) is 10.0 Å². The summed E-state index contributed by atoms with van der Waals surface area (Å²) in [5.74, 6) is 0. The molecule has 2 aromatic carbocycles. The lowest BCUT2D eigenvalue weighted by molar-refractivity contribution is 0.868. The number of hydrogen-bond donors (Lipinski definition) is 2. The molecule has 0 aliphatic rings. The van der Waals surface area contributed by atoms with Crippen molar-refractivity contribution in [2.24, 2.45) is 5.73 Å². The Kier molecular flexibility index (Phi) is 3.47. The normalized spacial score (nSPS) is 12.8. The summed E-state index contributed by atoms with van der Waals surface area (Å²) >= 11 is 12.0. The number of fused-ring (bicyclic) bond motifs is 1. The summed E-state index contributed by atoms with van der Waals surface area (Å²) in [6.07, 6.45) is 0. The summed E-state index contributed by atoms with van der Waals surface area (Å²) in [5.41, 5.74) is 10.6. The van der Waals surface area contributed by atoms with Gasteiger partial charge in [-0.1, -0.05) is 47.5 Å². The number of rotatable bonds is 2. The van der Waals surface area contributed by atoms with E-state index in [9.17, 15) is 0 Å². The van der Waals surface area contributed by atoms with Gasteiger partial charge in [-0.3, -0.25) is 0 Å². The Labute approximate surface area is 127 Å². The molecule has 0 aliphatic heterocycles. The maximum atomic E-state index is 6.42. The maximum absolute atomic E-state index is 6.42. The average molecular weight is 305 g/mol. The second-order valence-corrected chi connectivity index (χ2v) is 5.67. The molecule has 1 aromatic heterocycles. The second kappa shape index (κ2) is 5.13. The van der Waals surface area contributed by atoms with Gasteiger partial charge in [-0.15, -0.1) is 0 Å². The van der Waals surface area contributed by atoms with Crippen molar-refractivity contribution < 1.29 is 0 Å². The molecular formula is C16H14Cl2N2. The predicted molar refractivity (Wildman–Crippen MR) is 85.5 cm³/mol. The topological polar surface area (TPSA) is 41.8 Å². The Hall–Kier alpha value is -1.48. The number of benzene rings is 2. The van der Waals surface area contributed by atoms with Gasteiger partial charge >= 0.3 is 0 Å². The molecule has 1 unspecified atom stereocenters. The van der Waals surface area contributed by atoms with Crippen LogP contribution in [-0.2, 0) is 0 Å². The average Bonchev–Trinajstić information content (AvgIpc) is 2.77. The molecule has 3 aromatic rings. The first-order valence-electron chi connectivity index (χ1n) is 6.35. The molecule has 0 fully saturated rings. The van der Waals surface area contributed by atoms with Crippen LogP contribution in [0.25, 0.3) is 10.9 Å². The van der Waals surface area contributed by atoms with Gasteiger partial charge < -0.3 is 10.7 Å². The second-order valence-electron chi connectivity index (χ2n) is 4.86. The lowest BCUT2D eigenvalue weighted by atomic mass is 9.97. The molecule has 1 heterocycles. The third-order valence-electron chi connectivity index (χ3n) is 3.56. The molecule has 1 atom stereocenters. The summed E-state index contributed by atoms with van der Waals surface area (Å²) in [6, 6.07) is 13.4. The number of hydrogen-bond acceptors (Lipinski definition) is 1. The number of aryl methyl sites for hydroxylation is 1. The number of para-hydroxylation sites is 1. The molecule has 102 valence electrons. The molecule has 20 heavy (non-hydrogen) atoms. The monoisotopic (exact) mass is 304 g/mol. The zero-order chi connectivity index (χ0) is 14.3. The Morgan fingerprint density at radius 2 is 1.80 bits per heavy atom. The van der Waals surface area contributed by atoms with E-state index < -0.39 is 0 Å². The van der Waals surface area contributed by atoms with Crippen molar-refractivity contribution >= 4 is 34.1 Å². The van der Waals surface area contributed by atoms with Crippen molar-refractivity contribution in [3.05, 3.63) is 69.3 Å². The minimum Gasteiger partial charge on any atom is -0.358 e. The number of nitrogens with one attached hydrogen (secondary N) is 1. The van der Waals surface area contributed by atoms with Crippen LogP contribution < -0.4 is 5.73 Å². The van der Waals surface area contributed by atoms with Crippen LogP contribution in [0.4, 0.5) is 0 Å². The molecule has 0 aliphatic carbocycles. The summed E-state index contributed by atoms with van der Waals surface area (Å²) in [5, 5.41) is 2.21. The van der Waals surface area contributed by atoms with Gasteiger partial charge in [0.1, 0.15) is 0 Å². The zero-order valence-electron chi connectivity index (χ0n) is 11.0. The van der Waals surface area contributed by atoms with E-state index in [1.54, 1.807) is 6.07 Å². The van der Waals surface area contributed by atoms with Crippen LogP contribution in [0.1, 0.15) is 22.9 Å². The van der Waals surface area contributed by atoms with Crippen molar-refractivity contribution in [3.63, 3.8) is 0 Å². The highest BCUT2D eigenvalue weighted by Crippen LogP contribution is 2.32. The van der Waals surface area contributed by atoms with Gasteiger partial charge in [0, 0.05) is 22.2 Å². The molecule has 0 saturated carbocycles. The molecule has 0 saturated heterocycles. The van der Waals surface area contributed by atoms with Crippen molar-refractivity contribution in [2.75, 3.05) is 0 Å². The molecule has 0 spiro atoms. The minimum atomic E-state index is -0.235. The van der Waals surface area contributed by atoms with Crippen LogP contribution in [0, 0.1) is 6.92 Å². The Morgan fingerprint density at radius 3 is 2.55 bits per heavy atom. The standard InChI is InChI=1S/C16H14Cl2N2/c1-9-15(11-4-2-3-5-14(11)20-9)16(19)10-6-7-12(17)13(18)8-10/h2-8,16,20H,19H2,1H3. The Balaban J connectivity index is 2.14. The third kappa shape index (κ3) is 2.20. The molecule has 0 amide bonds. The SMILES string of the molecule is Cc1[nH]c2ccccc2c1C(N)c1ccc(Cl)c(Cl)c1. The number of aromatic amines is 1. The predicted octanol–water partition coefficient (Wildman–Crippen LogP) is 4.83. The van der Waals surface area contributed by atoms with Gasteiger partial charge in [0.05, 0.1) is 16.1 Å². The van der Waals surface area contributed by atoms with E-state index in [-0.39, 0.29) is 6.04 Å². The summed E-state index contributed by atoms with van der Waals surface area (Å²) in [4.78, 5) is 3.36. The van der Waals surface area contributed by atoms with Crippen LogP contribution in [-0.4, -0.2) is 4.98 Å². The van der Waals surface area contributed by atoms with Gasteiger partial charge in [0.25, 0.3) is 0 Å². The highest BCUT2D eigenvalue weighted by atomic mass is 35.5. The zero-order valence-corrected chi connectivity index (χ0v) is 12.5. The summed E-state index contributed by atoms with van der Waals surface area (Å²) < 4.78 is 0. The smallest absolute Gasteiger partial charge is 0.0595 e. The van der Waals surface area contributed by atoms with Crippen LogP contribution in [0.3, 0.4) is 0 Å². The van der Waals surface area contributed by atoms with Crippen LogP contribution in [0.2, 0.25) is 10.0 Å². The molecule has 4 heteroatoms. The lowest BCUT2D eigenvalue weighted by Crippen LogP contribution is -2.12. The Morgan fingerprint density at radius 1 is 1.05 bits per heavy atom. The summed E-state index contributed by atoms with van der Waals surface area (Å²) in [6.45, 7) is 2.03. The minimum absolute atomic E-state index is 0.235. The van der Waals surface area contributed by atoms with Gasteiger partial charge in [0.2, 0.25) is 0 Å². The molecule has 2 nitrogen and oxygen atoms in total. The first-order valence-corrected chi connectivity index (χ1v) is 7.11. The first kappa shape index (κ1) is 13.5. The fraction of sp³-hybridized carbons (Fsp3) is 0.125. The van der Waals surface area contributed by atoms with Crippen molar-refractivity contribution in [2.45, 2.75) is 13.0 Å².